The summed E-state index contributed by atoms with van der Waals surface area (Å²) in [5.41, 5.74) is 3.40. The Morgan fingerprint density at radius 1 is 1.00 bits per heavy atom. The number of fused-ring (bicyclic) bond motifs is 3. The second-order valence-corrected chi connectivity index (χ2v) is 9.18. The maximum Gasteiger partial charge on any atom is 0.408 e. The molecule has 1 fully saturated rings. The third-order valence-corrected chi connectivity index (χ3v) is 6.36. The van der Waals surface area contributed by atoms with Crippen molar-refractivity contribution in [2.45, 2.75) is 50.6 Å². The van der Waals surface area contributed by atoms with Crippen LogP contribution in [0.2, 0.25) is 0 Å². The fourth-order valence-electron chi connectivity index (χ4n) is 4.58. The van der Waals surface area contributed by atoms with Gasteiger partial charge in [-0.25, -0.2) is 4.79 Å². The largest absolute Gasteiger partial charge is 0.481 e. The highest BCUT2D eigenvalue weighted by Crippen LogP contribution is 2.44. The molecule has 7 heteroatoms. The first-order valence-electron chi connectivity index (χ1n) is 10.9. The summed E-state index contributed by atoms with van der Waals surface area (Å²) in [6.45, 7) is 3.42. The van der Waals surface area contributed by atoms with E-state index < -0.39 is 17.6 Å². The van der Waals surface area contributed by atoms with Gasteiger partial charge in [0.05, 0.1) is 0 Å². The molecule has 0 spiro atoms. The standard InChI is InChI=1S/C25H28N2O5/c1-25(2,23(30)26-16-11-15(12-16)13-22(28)29)27-24(31)32-14-21-19-9-5-3-7-17(19)18-8-4-6-10-20(18)21/h3-10,15-16,21H,11-14H2,1-2H3,(H,26,30)(H,27,31)(H,28,29). The highest BCUT2D eigenvalue weighted by atomic mass is 16.5. The van der Waals surface area contributed by atoms with Crippen LogP contribution in [0, 0.1) is 5.92 Å². The van der Waals surface area contributed by atoms with Crippen LogP contribution in [0.1, 0.15) is 50.2 Å². The zero-order chi connectivity index (χ0) is 22.9. The molecule has 0 aliphatic heterocycles. The lowest BCUT2D eigenvalue weighted by Gasteiger charge is -2.37. The summed E-state index contributed by atoms with van der Waals surface area (Å²) < 4.78 is 5.54. The first-order chi connectivity index (χ1) is 15.2. The molecular weight excluding hydrogens is 408 g/mol. The van der Waals surface area contributed by atoms with Gasteiger partial charge in [0.1, 0.15) is 12.1 Å². The van der Waals surface area contributed by atoms with Crippen molar-refractivity contribution in [2.75, 3.05) is 6.61 Å². The number of aliphatic carboxylic acids is 1. The number of carboxylic acid groups (broad SMARTS) is 1. The van der Waals surface area contributed by atoms with Gasteiger partial charge in [0.2, 0.25) is 5.91 Å². The number of amides is 2. The monoisotopic (exact) mass is 436 g/mol. The maximum atomic E-state index is 12.6. The molecule has 0 heterocycles. The molecule has 2 amide bonds. The summed E-state index contributed by atoms with van der Waals surface area (Å²) >= 11 is 0. The molecule has 2 aliphatic rings. The van der Waals surface area contributed by atoms with Crippen molar-refractivity contribution in [1.29, 1.82) is 0 Å². The Morgan fingerprint density at radius 2 is 1.56 bits per heavy atom. The minimum Gasteiger partial charge on any atom is -0.481 e. The van der Waals surface area contributed by atoms with Gasteiger partial charge in [-0.1, -0.05) is 48.5 Å². The van der Waals surface area contributed by atoms with Crippen LogP contribution in [-0.4, -0.2) is 41.3 Å². The van der Waals surface area contributed by atoms with Crippen molar-refractivity contribution in [2.24, 2.45) is 5.92 Å². The van der Waals surface area contributed by atoms with E-state index in [4.69, 9.17) is 9.84 Å². The zero-order valence-electron chi connectivity index (χ0n) is 18.3. The molecule has 7 nitrogen and oxygen atoms in total. The van der Waals surface area contributed by atoms with Crippen molar-refractivity contribution in [3.05, 3.63) is 59.7 Å². The minimum absolute atomic E-state index is 0.0498. The number of alkyl carbamates (subject to hydrolysis) is 1. The first-order valence-corrected chi connectivity index (χ1v) is 10.9. The Bertz CT molecular complexity index is 997. The quantitative estimate of drug-likeness (QED) is 0.614. The van der Waals surface area contributed by atoms with E-state index in [1.807, 2.05) is 24.3 Å². The molecule has 2 aliphatic carbocycles. The number of carboxylic acids is 1. The molecule has 0 bridgehead atoms. The minimum atomic E-state index is -1.15. The third-order valence-electron chi connectivity index (χ3n) is 6.36. The summed E-state index contributed by atoms with van der Waals surface area (Å²) in [5, 5.41) is 14.4. The Morgan fingerprint density at radius 3 is 2.12 bits per heavy atom. The lowest BCUT2D eigenvalue weighted by Crippen LogP contribution is -2.58. The fraction of sp³-hybridized carbons (Fsp3) is 0.400. The van der Waals surface area contributed by atoms with Crippen LogP contribution in [0.25, 0.3) is 11.1 Å². The van der Waals surface area contributed by atoms with Gasteiger partial charge in [0.25, 0.3) is 0 Å². The molecule has 0 aromatic heterocycles. The van der Waals surface area contributed by atoms with E-state index in [1.54, 1.807) is 13.8 Å². The number of nitrogens with one attached hydrogen (secondary N) is 2. The average Bonchev–Trinajstić information content (AvgIpc) is 3.04. The van der Waals surface area contributed by atoms with Crippen molar-refractivity contribution in [3.8, 4) is 11.1 Å². The number of ether oxygens (including phenoxy) is 1. The van der Waals surface area contributed by atoms with Crippen LogP contribution >= 0.6 is 0 Å². The first kappa shape index (κ1) is 21.9. The van der Waals surface area contributed by atoms with Gasteiger partial charge in [0.15, 0.2) is 0 Å². The molecule has 2 aromatic carbocycles. The van der Waals surface area contributed by atoms with E-state index in [9.17, 15) is 14.4 Å². The predicted octanol–water partition coefficient (Wildman–Crippen LogP) is 3.67. The number of hydrogen-bond donors (Lipinski definition) is 3. The Balaban J connectivity index is 1.31. The van der Waals surface area contributed by atoms with Gasteiger partial charge in [-0.2, -0.15) is 0 Å². The fourth-order valence-corrected chi connectivity index (χ4v) is 4.58. The van der Waals surface area contributed by atoms with Crippen molar-refractivity contribution in [1.82, 2.24) is 10.6 Å². The maximum absolute atomic E-state index is 12.6. The predicted molar refractivity (Wildman–Crippen MR) is 119 cm³/mol. The zero-order valence-corrected chi connectivity index (χ0v) is 18.3. The summed E-state index contributed by atoms with van der Waals surface area (Å²) in [6.07, 6.45) is 0.746. The van der Waals surface area contributed by atoms with Gasteiger partial charge in [-0.05, 0) is 54.9 Å². The van der Waals surface area contributed by atoms with E-state index >= 15 is 0 Å². The van der Waals surface area contributed by atoms with Gasteiger partial charge < -0.3 is 20.5 Å². The second-order valence-electron chi connectivity index (χ2n) is 9.18. The molecule has 32 heavy (non-hydrogen) atoms. The Kier molecular flexibility index (Phi) is 5.91. The van der Waals surface area contributed by atoms with Crippen LogP contribution in [0.5, 0.6) is 0 Å². The topological polar surface area (TPSA) is 105 Å². The highest BCUT2D eigenvalue weighted by Gasteiger charge is 2.37. The van der Waals surface area contributed by atoms with Crippen molar-refractivity contribution >= 4 is 18.0 Å². The van der Waals surface area contributed by atoms with Gasteiger partial charge in [-0.15, -0.1) is 0 Å². The summed E-state index contributed by atoms with van der Waals surface area (Å²) in [4.78, 5) is 35.9. The number of benzene rings is 2. The number of hydrogen-bond acceptors (Lipinski definition) is 4. The van der Waals surface area contributed by atoms with Crippen LogP contribution in [0.3, 0.4) is 0 Å². The molecule has 4 rings (SSSR count). The van der Waals surface area contributed by atoms with Crippen LogP contribution in [0.15, 0.2) is 48.5 Å². The molecular formula is C25H28N2O5. The molecule has 3 N–H and O–H groups in total. The van der Waals surface area contributed by atoms with E-state index in [2.05, 4.69) is 34.9 Å². The lowest BCUT2D eigenvalue weighted by atomic mass is 9.78. The summed E-state index contributed by atoms with van der Waals surface area (Å²) in [7, 11) is 0. The van der Waals surface area contributed by atoms with E-state index in [-0.39, 0.29) is 36.8 Å². The second kappa shape index (κ2) is 8.65. The lowest BCUT2D eigenvalue weighted by molar-refractivity contribution is -0.139. The van der Waals surface area contributed by atoms with E-state index in [1.165, 1.54) is 0 Å². The smallest absolute Gasteiger partial charge is 0.408 e. The normalized spacial score (nSPS) is 19.3. The number of carbonyl (C=O) groups is 3. The van der Waals surface area contributed by atoms with Crippen LogP contribution < -0.4 is 10.6 Å². The van der Waals surface area contributed by atoms with E-state index in [0.29, 0.717) is 12.8 Å². The van der Waals surface area contributed by atoms with E-state index in [0.717, 1.165) is 22.3 Å². The van der Waals surface area contributed by atoms with Gasteiger partial charge in [-0.3, -0.25) is 9.59 Å². The Labute approximate surface area is 187 Å². The molecule has 0 unspecified atom stereocenters. The van der Waals surface area contributed by atoms with Gasteiger partial charge >= 0.3 is 12.1 Å². The SMILES string of the molecule is CC(C)(NC(=O)OCC1c2ccccc2-c2ccccc21)C(=O)NC1CC(CC(=O)O)C1. The molecule has 168 valence electrons. The van der Waals surface area contributed by atoms with Crippen molar-refractivity contribution in [3.63, 3.8) is 0 Å². The molecule has 1 saturated carbocycles. The van der Waals surface area contributed by atoms with Gasteiger partial charge in [0, 0.05) is 18.4 Å². The highest BCUT2D eigenvalue weighted by molar-refractivity contribution is 5.89. The summed E-state index contributed by atoms with van der Waals surface area (Å²) in [6, 6.07) is 16.1. The van der Waals surface area contributed by atoms with Crippen LogP contribution in [0.4, 0.5) is 4.79 Å². The third kappa shape index (κ3) is 4.47. The average molecular weight is 437 g/mol. The summed E-state index contributed by atoms with van der Waals surface area (Å²) in [5.74, 6) is -1.09. The molecule has 0 atom stereocenters. The molecule has 0 radical (unpaired) electrons. The molecule has 0 saturated heterocycles. The number of carbonyl (C=O) groups excluding carboxylic acids is 2. The Hall–Kier alpha value is -3.35. The number of rotatable bonds is 7. The van der Waals surface area contributed by atoms with Crippen molar-refractivity contribution < 1.29 is 24.2 Å². The molecule has 2 aromatic rings. The van der Waals surface area contributed by atoms with Crippen LogP contribution in [-0.2, 0) is 14.3 Å².